The van der Waals surface area contributed by atoms with Crippen LogP contribution in [0.3, 0.4) is 0 Å². The van der Waals surface area contributed by atoms with Gasteiger partial charge >= 0.3 is 5.97 Å². The van der Waals surface area contributed by atoms with E-state index in [1.54, 1.807) is 43.3 Å². The smallest absolute Gasteiger partial charge is 0.338 e. The Hall–Kier alpha value is -2.62. The number of esters is 1. The minimum Gasteiger partial charge on any atom is -0.451 e. The molecule has 0 radical (unpaired) electrons. The van der Waals surface area contributed by atoms with Crippen molar-refractivity contribution in [3.05, 3.63) is 65.2 Å². The molecule has 0 heterocycles. The van der Waals surface area contributed by atoms with Crippen molar-refractivity contribution in [3.8, 4) is 0 Å². The molecule has 2 aromatic carbocycles. The summed E-state index contributed by atoms with van der Waals surface area (Å²) in [6, 6.07) is 13.5. The van der Waals surface area contributed by atoms with E-state index in [4.69, 9.17) is 10.5 Å². The zero-order chi connectivity index (χ0) is 15.4. The second kappa shape index (κ2) is 6.22. The van der Waals surface area contributed by atoms with Gasteiger partial charge in [-0.1, -0.05) is 29.8 Å². The fourth-order valence-corrected chi connectivity index (χ4v) is 1.85. The summed E-state index contributed by atoms with van der Waals surface area (Å²) in [7, 11) is 0. The molecule has 2 rings (SSSR count). The van der Waals surface area contributed by atoms with Gasteiger partial charge in [-0.05, 0) is 38.1 Å². The molecule has 0 aromatic heterocycles. The van der Waals surface area contributed by atoms with Crippen LogP contribution < -0.4 is 5.73 Å². The molecule has 0 aliphatic rings. The van der Waals surface area contributed by atoms with Crippen LogP contribution >= 0.6 is 0 Å². The summed E-state index contributed by atoms with van der Waals surface area (Å²) in [5, 5.41) is 0. The fourth-order valence-electron chi connectivity index (χ4n) is 1.85. The van der Waals surface area contributed by atoms with Gasteiger partial charge in [-0.3, -0.25) is 4.79 Å². The van der Waals surface area contributed by atoms with Crippen molar-refractivity contribution >= 4 is 17.4 Å². The van der Waals surface area contributed by atoms with Gasteiger partial charge in [0.15, 0.2) is 6.10 Å². The van der Waals surface area contributed by atoms with Crippen molar-refractivity contribution < 1.29 is 14.3 Å². The number of aryl methyl sites for hydroxylation is 1. The van der Waals surface area contributed by atoms with Crippen LogP contribution in [-0.2, 0) is 4.74 Å². The molecule has 0 fully saturated rings. The van der Waals surface area contributed by atoms with Crippen molar-refractivity contribution in [2.75, 3.05) is 5.73 Å². The van der Waals surface area contributed by atoms with E-state index in [0.29, 0.717) is 16.8 Å². The zero-order valence-electron chi connectivity index (χ0n) is 12.0. The molecule has 0 amide bonds. The van der Waals surface area contributed by atoms with Gasteiger partial charge in [0.2, 0.25) is 5.78 Å². The van der Waals surface area contributed by atoms with Crippen LogP contribution in [0.4, 0.5) is 5.69 Å². The number of ketones is 1. The van der Waals surface area contributed by atoms with Crippen molar-refractivity contribution in [2.45, 2.75) is 20.0 Å². The molecule has 2 aromatic rings. The Kier molecular flexibility index (Phi) is 4.38. The standard InChI is InChI=1S/C17H17NO3/c1-11-3-5-13(6-4-11)16(19)12(2)21-17(20)14-7-9-15(18)10-8-14/h3-10,12H,18H2,1-2H3/t12-/m1/s1. The van der Waals surface area contributed by atoms with Crippen LogP contribution in [0.5, 0.6) is 0 Å². The Bertz CT molecular complexity index is 645. The average molecular weight is 283 g/mol. The number of carbonyl (C=O) groups excluding carboxylic acids is 2. The Morgan fingerprint density at radius 3 is 2.05 bits per heavy atom. The van der Waals surface area contributed by atoms with Crippen molar-refractivity contribution in [2.24, 2.45) is 0 Å². The highest BCUT2D eigenvalue weighted by Gasteiger charge is 2.20. The number of benzene rings is 2. The van der Waals surface area contributed by atoms with E-state index < -0.39 is 12.1 Å². The molecule has 0 saturated heterocycles. The molecule has 0 aliphatic heterocycles. The minimum atomic E-state index is -0.835. The van der Waals surface area contributed by atoms with Gasteiger partial charge in [0.1, 0.15) is 0 Å². The molecule has 2 N–H and O–H groups in total. The summed E-state index contributed by atoms with van der Waals surface area (Å²) in [4.78, 5) is 24.1. The van der Waals surface area contributed by atoms with E-state index >= 15 is 0 Å². The highest BCUT2D eigenvalue weighted by Crippen LogP contribution is 2.12. The summed E-state index contributed by atoms with van der Waals surface area (Å²) in [6.45, 7) is 3.51. The maximum atomic E-state index is 12.2. The van der Waals surface area contributed by atoms with E-state index in [0.717, 1.165) is 5.56 Å². The van der Waals surface area contributed by atoms with E-state index in [9.17, 15) is 9.59 Å². The first-order valence-electron chi connectivity index (χ1n) is 6.65. The molecular weight excluding hydrogens is 266 g/mol. The lowest BCUT2D eigenvalue weighted by Gasteiger charge is -2.12. The predicted molar refractivity (Wildman–Crippen MR) is 81.2 cm³/mol. The average Bonchev–Trinajstić information content (AvgIpc) is 2.47. The SMILES string of the molecule is Cc1ccc(C(=O)[C@@H](C)OC(=O)c2ccc(N)cc2)cc1. The third-order valence-electron chi connectivity index (χ3n) is 3.14. The molecule has 1 atom stereocenters. The number of rotatable bonds is 4. The molecule has 0 aliphatic carbocycles. The van der Waals surface area contributed by atoms with Gasteiger partial charge < -0.3 is 10.5 Å². The summed E-state index contributed by atoms with van der Waals surface area (Å²) in [6.07, 6.45) is -0.835. The Morgan fingerprint density at radius 2 is 1.48 bits per heavy atom. The van der Waals surface area contributed by atoms with Gasteiger partial charge in [0, 0.05) is 11.3 Å². The monoisotopic (exact) mass is 283 g/mol. The molecular formula is C17H17NO3. The second-order valence-electron chi connectivity index (χ2n) is 4.90. The molecule has 21 heavy (non-hydrogen) atoms. The molecule has 0 bridgehead atoms. The number of nitrogen functional groups attached to an aromatic ring is 1. The maximum absolute atomic E-state index is 12.2. The van der Waals surface area contributed by atoms with Crippen LogP contribution in [0.1, 0.15) is 33.2 Å². The first-order valence-corrected chi connectivity index (χ1v) is 6.65. The van der Waals surface area contributed by atoms with E-state index in [-0.39, 0.29) is 5.78 Å². The highest BCUT2D eigenvalue weighted by atomic mass is 16.5. The molecule has 0 unspecified atom stereocenters. The summed E-state index contributed by atoms with van der Waals surface area (Å²) >= 11 is 0. The normalized spacial score (nSPS) is 11.7. The summed E-state index contributed by atoms with van der Waals surface area (Å²) < 4.78 is 5.19. The lowest BCUT2D eigenvalue weighted by Crippen LogP contribution is -2.24. The number of Topliss-reactive ketones (excluding diaryl/α,β-unsaturated/α-hetero) is 1. The Morgan fingerprint density at radius 1 is 0.952 bits per heavy atom. The third kappa shape index (κ3) is 3.69. The first-order chi connectivity index (χ1) is 9.97. The third-order valence-corrected chi connectivity index (χ3v) is 3.14. The summed E-state index contributed by atoms with van der Waals surface area (Å²) in [5.74, 6) is -0.762. The highest BCUT2D eigenvalue weighted by molar-refractivity contribution is 6.01. The predicted octanol–water partition coefficient (Wildman–Crippen LogP) is 3.01. The molecule has 4 nitrogen and oxygen atoms in total. The summed E-state index contributed by atoms with van der Waals surface area (Å²) in [5.41, 5.74) is 8.09. The van der Waals surface area contributed by atoms with Crippen LogP contribution in [0.25, 0.3) is 0 Å². The number of hydrogen-bond acceptors (Lipinski definition) is 4. The van der Waals surface area contributed by atoms with E-state index in [1.165, 1.54) is 0 Å². The number of carbonyl (C=O) groups is 2. The van der Waals surface area contributed by atoms with E-state index in [2.05, 4.69) is 0 Å². The number of nitrogens with two attached hydrogens (primary N) is 1. The van der Waals surface area contributed by atoms with Gasteiger partial charge in [0.05, 0.1) is 5.56 Å². The maximum Gasteiger partial charge on any atom is 0.338 e. The second-order valence-corrected chi connectivity index (χ2v) is 4.90. The van der Waals surface area contributed by atoms with Gasteiger partial charge in [-0.2, -0.15) is 0 Å². The molecule has 0 saturated carbocycles. The molecule has 4 heteroatoms. The zero-order valence-corrected chi connectivity index (χ0v) is 12.0. The topological polar surface area (TPSA) is 69.4 Å². The number of ether oxygens (including phenoxy) is 1. The van der Waals surface area contributed by atoms with Crippen molar-refractivity contribution in [1.82, 2.24) is 0 Å². The number of hydrogen-bond donors (Lipinski definition) is 1. The first kappa shape index (κ1) is 14.8. The Balaban J connectivity index is 2.05. The van der Waals surface area contributed by atoms with Crippen LogP contribution in [-0.4, -0.2) is 17.9 Å². The minimum absolute atomic E-state index is 0.223. The number of anilines is 1. The van der Waals surface area contributed by atoms with Gasteiger partial charge in [-0.25, -0.2) is 4.79 Å². The van der Waals surface area contributed by atoms with Crippen LogP contribution in [0, 0.1) is 6.92 Å². The molecule has 0 spiro atoms. The quantitative estimate of drug-likeness (QED) is 0.532. The van der Waals surface area contributed by atoms with Gasteiger partial charge in [-0.15, -0.1) is 0 Å². The van der Waals surface area contributed by atoms with Crippen LogP contribution in [0.2, 0.25) is 0 Å². The largest absolute Gasteiger partial charge is 0.451 e. The van der Waals surface area contributed by atoms with Gasteiger partial charge in [0.25, 0.3) is 0 Å². The lowest BCUT2D eigenvalue weighted by atomic mass is 10.1. The lowest BCUT2D eigenvalue weighted by molar-refractivity contribution is 0.0319. The fraction of sp³-hybridized carbons (Fsp3) is 0.176. The Labute approximate surface area is 123 Å². The van der Waals surface area contributed by atoms with E-state index in [1.807, 2.05) is 19.1 Å². The van der Waals surface area contributed by atoms with Crippen molar-refractivity contribution in [3.63, 3.8) is 0 Å². The molecule has 108 valence electrons. The van der Waals surface area contributed by atoms with Crippen molar-refractivity contribution in [1.29, 1.82) is 0 Å². The van der Waals surface area contributed by atoms with Crippen LogP contribution in [0.15, 0.2) is 48.5 Å².